The van der Waals surface area contributed by atoms with Crippen molar-refractivity contribution in [3.8, 4) is 16.9 Å². The number of ether oxygens (including phenoxy) is 1. The molecule has 2 aromatic rings. The molecule has 100 valence electrons. The summed E-state index contributed by atoms with van der Waals surface area (Å²) in [5, 5.41) is 3.94. The molecule has 0 bridgehead atoms. The Bertz CT molecular complexity index is 616. The molecule has 1 aromatic heterocycles. The average Bonchev–Trinajstić information content (AvgIpc) is 2.85. The number of anilines is 1. The first kappa shape index (κ1) is 12.1. The van der Waals surface area contributed by atoms with Crippen LogP contribution in [0.15, 0.2) is 28.8 Å². The van der Waals surface area contributed by atoms with Gasteiger partial charge in [0, 0.05) is 5.92 Å². The van der Waals surface area contributed by atoms with E-state index >= 15 is 0 Å². The number of hydrogen-bond acceptors (Lipinski definition) is 4. The Labute approximate surface area is 112 Å². The molecule has 1 fully saturated rings. The predicted octanol–water partition coefficient (Wildman–Crippen LogP) is 3.45. The van der Waals surface area contributed by atoms with Gasteiger partial charge in [-0.1, -0.05) is 31.1 Å². The Hall–Kier alpha value is -1.97. The van der Waals surface area contributed by atoms with E-state index in [1.807, 2.05) is 24.3 Å². The highest BCUT2D eigenvalue weighted by atomic mass is 16.5. The van der Waals surface area contributed by atoms with Gasteiger partial charge >= 0.3 is 0 Å². The molecule has 0 amide bonds. The zero-order valence-corrected chi connectivity index (χ0v) is 11.4. The maximum absolute atomic E-state index is 5.97. The first-order valence-corrected chi connectivity index (χ1v) is 6.42. The number of nitrogens with two attached hydrogens (primary N) is 1. The summed E-state index contributed by atoms with van der Waals surface area (Å²) in [5.41, 5.74) is 8.16. The topological polar surface area (TPSA) is 61.3 Å². The molecule has 1 unspecified atom stereocenters. The molecule has 0 aliphatic heterocycles. The van der Waals surface area contributed by atoms with Crippen molar-refractivity contribution in [1.29, 1.82) is 0 Å². The molecule has 2 N–H and O–H groups in total. The van der Waals surface area contributed by atoms with Crippen LogP contribution in [0, 0.1) is 5.41 Å². The molecular formula is C15H18N2O2. The molecule has 4 heteroatoms. The second-order valence-electron chi connectivity index (χ2n) is 5.78. The van der Waals surface area contributed by atoms with Gasteiger partial charge in [0.2, 0.25) is 0 Å². The van der Waals surface area contributed by atoms with Gasteiger partial charge in [0.05, 0.1) is 12.7 Å². The van der Waals surface area contributed by atoms with Gasteiger partial charge in [0.15, 0.2) is 5.82 Å². The maximum atomic E-state index is 5.97. The number of methoxy groups -OCH3 is 1. The van der Waals surface area contributed by atoms with Crippen LogP contribution in [0.5, 0.6) is 5.75 Å². The lowest BCUT2D eigenvalue weighted by Crippen LogP contribution is -1.93. The molecule has 0 radical (unpaired) electrons. The highest BCUT2D eigenvalue weighted by molar-refractivity contribution is 5.77. The normalized spacial score (nSPS) is 20.3. The quantitative estimate of drug-likeness (QED) is 0.916. The SMILES string of the molecule is COc1cccc(-c2c(N)noc2C2CC2(C)C)c1. The van der Waals surface area contributed by atoms with Gasteiger partial charge in [-0.15, -0.1) is 0 Å². The molecular weight excluding hydrogens is 240 g/mol. The van der Waals surface area contributed by atoms with Crippen molar-refractivity contribution in [1.82, 2.24) is 5.16 Å². The molecule has 3 rings (SSSR count). The standard InChI is InChI=1S/C15H18N2O2/c1-15(2)8-11(15)13-12(14(16)17-19-13)9-5-4-6-10(7-9)18-3/h4-7,11H,8H2,1-3H3,(H2,16,17). The first-order valence-electron chi connectivity index (χ1n) is 6.42. The molecule has 19 heavy (non-hydrogen) atoms. The number of aromatic nitrogens is 1. The van der Waals surface area contributed by atoms with E-state index in [4.69, 9.17) is 15.0 Å². The van der Waals surface area contributed by atoms with E-state index in [2.05, 4.69) is 19.0 Å². The van der Waals surface area contributed by atoms with Crippen molar-refractivity contribution >= 4 is 5.82 Å². The van der Waals surface area contributed by atoms with E-state index in [9.17, 15) is 0 Å². The monoisotopic (exact) mass is 258 g/mol. The van der Waals surface area contributed by atoms with Crippen molar-refractivity contribution in [3.63, 3.8) is 0 Å². The largest absolute Gasteiger partial charge is 0.497 e. The van der Waals surface area contributed by atoms with Gasteiger partial charge in [-0.3, -0.25) is 0 Å². The van der Waals surface area contributed by atoms with E-state index in [0.717, 1.165) is 29.1 Å². The predicted molar refractivity (Wildman–Crippen MR) is 74.0 cm³/mol. The third-order valence-corrected chi connectivity index (χ3v) is 3.93. The van der Waals surface area contributed by atoms with Crippen molar-refractivity contribution in [2.45, 2.75) is 26.2 Å². The smallest absolute Gasteiger partial charge is 0.175 e. The number of nitrogen functional groups attached to an aromatic ring is 1. The van der Waals surface area contributed by atoms with E-state index in [1.54, 1.807) is 7.11 Å². The Kier molecular flexibility index (Phi) is 2.55. The fourth-order valence-electron chi connectivity index (χ4n) is 2.54. The molecule has 1 aliphatic carbocycles. The molecule has 1 aromatic carbocycles. The van der Waals surface area contributed by atoms with Gasteiger partial charge in [0.25, 0.3) is 0 Å². The number of benzene rings is 1. The van der Waals surface area contributed by atoms with Crippen molar-refractivity contribution < 1.29 is 9.26 Å². The third kappa shape index (κ3) is 1.97. The minimum absolute atomic E-state index is 0.277. The van der Waals surface area contributed by atoms with Gasteiger partial charge in [0.1, 0.15) is 11.5 Å². The summed E-state index contributed by atoms with van der Waals surface area (Å²) in [6, 6.07) is 7.82. The Balaban J connectivity index is 2.07. The van der Waals surface area contributed by atoms with Crippen LogP contribution in [-0.4, -0.2) is 12.3 Å². The number of hydrogen-bond donors (Lipinski definition) is 1. The van der Waals surface area contributed by atoms with Gasteiger partial charge in [-0.25, -0.2) is 0 Å². The van der Waals surface area contributed by atoms with Crippen molar-refractivity contribution in [2.24, 2.45) is 5.41 Å². The highest BCUT2D eigenvalue weighted by Gasteiger charge is 2.50. The summed E-state index contributed by atoms with van der Waals surface area (Å²) < 4.78 is 10.7. The van der Waals surface area contributed by atoms with Crippen LogP contribution in [0.25, 0.3) is 11.1 Å². The second-order valence-corrected chi connectivity index (χ2v) is 5.78. The average molecular weight is 258 g/mol. The lowest BCUT2D eigenvalue weighted by atomic mass is 10.00. The van der Waals surface area contributed by atoms with E-state index in [-0.39, 0.29) is 5.41 Å². The van der Waals surface area contributed by atoms with Crippen LogP contribution >= 0.6 is 0 Å². The Morgan fingerprint density at radius 2 is 2.16 bits per heavy atom. The molecule has 1 aliphatic rings. The van der Waals surface area contributed by atoms with E-state index < -0.39 is 0 Å². The Morgan fingerprint density at radius 1 is 1.42 bits per heavy atom. The molecule has 1 saturated carbocycles. The lowest BCUT2D eigenvalue weighted by molar-refractivity contribution is 0.376. The first-order chi connectivity index (χ1) is 9.03. The zero-order chi connectivity index (χ0) is 13.6. The van der Waals surface area contributed by atoms with E-state index in [1.165, 1.54) is 0 Å². The molecule has 1 heterocycles. The number of nitrogens with zero attached hydrogens (tertiary/aromatic N) is 1. The summed E-state index contributed by atoms with van der Waals surface area (Å²) >= 11 is 0. The van der Waals surface area contributed by atoms with E-state index in [0.29, 0.717) is 11.7 Å². The summed E-state index contributed by atoms with van der Waals surface area (Å²) in [4.78, 5) is 0. The zero-order valence-electron chi connectivity index (χ0n) is 11.4. The minimum Gasteiger partial charge on any atom is -0.497 e. The van der Waals surface area contributed by atoms with Gasteiger partial charge in [-0.2, -0.15) is 0 Å². The number of rotatable bonds is 3. The third-order valence-electron chi connectivity index (χ3n) is 3.93. The van der Waals surface area contributed by atoms with Crippen LogP contribution in [0.1, 0.15) is 31.9 Å². The lowest BCUT2D eigenvalue weighted by Gasteiger charge is -2.06. The second kappa shape index (κ2) is 4.02. The van der Waals surface area contributed by atoms with Crippen LogP contribution in [0.2, 0.25) is 0 Å². The molecule has 4 nitrogen and oxygen atoms in total. The fraction of sp³-hybridized carbons (Fsp3) is 0.400. The summed E-state index contributed by atoms with van der Waals surface area (Å²) in [6.07, 6.45) is 1.11. The van der Waals surface area contributed by atoms with Crippen LogP contribution < -0.4 is 10.5 Å². The summed E-state index contributed by atoms with van der Waals surface area (Å²) in [7, 11) is 1.65. The molecule has 1 atom stereocenters. The fourth-order valence-corrected chi connectivity index (χ4v) is 2.54. The van der Waals surface area contributed by atoms with Gasteiger partial charge in [-0.05, 0) is 29.5 Å². The minimum atomic E-state index is 0.277. The Morgan fingerprint density at radius 3 is 2.79 bits per heavy atom. The van der Waals surface area contributed by atoms with Crippen molar-refractivity contribution in [2.75, 3.05) is 12.8 Å². The van der Waals surface area contributed by atoms with Crippen molar-refractivity contribution in [3.05, 3.63) is 30.0 Å². The van der Waals surface area contributed by atoms with Crippen LogP contribution in [0.4, 0.5) is 5.82 Å². The van der Waals surface area contributed by atoms with Crippen LogP contribution in [-0.2, 0) is 0 Å². The molecule has 0 saturated heterocycles. The maximum Gasteiger partial charge on any atom is 0.175 e. The summed E-state index contributed by atoms with van der Waals surface area (Å²) in [6.45, 7) is 4.46. The molecule has 0 spiro atoms. The van der Waals surface area contributed by atoms with Crippen LogP contribution in [0.3, 0.4) is 0 Å². The highest BCUT2D eigenvalue weighted by Crippen LogP contribution is 2.60. The van der Waals surface area contributed by atoms with Gasteiger partial charge < -0.3 is 15.0 Å². The summed E-state index contributed by atoms with van der Waals surface area (Å²) in [5.74, 6) is 2.55.